The van der Waals surface area contributed by atoms with E-state index in [-0.39, 0.29) is 29.4 Å². The van der Waals surface area contributed by atoms with Crippen molar-refractivity contribution in [1.29, 1.82) is 0 Å². The van der Waals surface area contributed by atoms with Crippen molar-refractivity contribution in [3.05, 3.63) is 53.0 Å². The summed E-state index contributed by atoms with van der Waals surface area (Å²) in [4.78, 5) is 50.9. The van der Waals surface area contributed by atoms with Crippen LogP contribution >= 0.6 is 11.8 Å². The van der Waals surface area contributed by atoms with Crippen LogP contribution in [0.1, 0.15) is 36.9 Å². The fourth-order valence-corrected chi connectivity index (χ4v) is 2.97. The van der Waals surface area contributed by atoms with Crippen LogP contribution in [0.5, 0.6) is 5.75 Å². The van der Waals surface area contributed by atoms with Gasteiger partial charge < -0.3 is 25.6 Å². The number of carbonyl (C=O) groups excluding carboxylic acids is 3. The maximum atomic E-state index is 11.6. The molecule has 0 atom stereocenters. The van der Waals surface area contributed by atoms with E-state index in [0.29, 0.717) is 18.0 Å². The summed E-state index contributed by atoms with van der Waals surface area (Å²) in [5.41, 5.74) is 6.01. The first-order valence-corrected chi connectivity index (χ1v) is 9.52. The largest absolute Gasteiger partial charge is 0.482 e. The molecule has 4 rings (SSSR count). The Morgan fingerprint density at radius 2 is 2.12 bits per heavy atom. The van der Waals surface area contributed by atoms with E-state index in [2.05, 4.69) is 25.0 Å². The second-order valence-corrected chi connectivity index (χ2v) is 6.73. The molecule has 0 bridgehead atoms. The van der Waals surface area contributed by atoms with E-state index < -0.39 is 23.5 Å². The zero-order chi connectivity index (χ0) is 24.1. The van der Waals surface area contributed by atoms with Gasteiger partial charge >= 0.3 is 11.9 Å². The monoisotopic (exact) mass is 476 g/mol. The SMILES string of the molecule is COC(=O)c1cc(C(=O)O)nc2c(C(N)=O)cnn12.O=C1COc2ccc(CNCl)cc2N1. The van der Waals surface area contributed by atoms with Crippen LogP contribution < -0.4 is 20.6 Å². The molecule has 2 aromatic heterocycles. The number of aromatic nitrogens is 3. The number of amides is 2. The lowest BCUT2D eigenvalue weighted by Gasteiger charge is -2.18. The van der Waals surface area contributed by atoms with Gasteiger partial charge in [-0.1, -0.05) is 6.07 Å². The molecular formula is C19H17ClN6O7. The van der Waals surface area contributed by atoms with Crippen LogP contribution in [0.3, 0.4) is 0 Å². The van der Waals surface area contributed by atoms with E-state index >= 15 is 0 Å². The molecule has 1 aliphatic rings. The zero-order valence-electron chi connectivity index (χ0n) is 17.0. The van der Waals surface area contributed by atoms with Crippen molar-refractivity contribution in [2.45, 2.75) is 6.54 Å². The van der Waals surface area contributed by atoms with Gasteiger partial charge in [0.05, 0.1) is 19.0 Å². The number of hydrogen-bond donors (Lipinski definition) is 4. The minimum absolute atomic E-state index is 0.0834. The Morgan fingerprint density at radius 1 is 1.36 bits per heavy atom. The Balaban J connectivity index is 0.000000194. The minimum Gasteiger partial charge on any atom is -0.482 e. The number of halogens is 1. The third-order valence-corrected chi connectivity index (χ3v) is 4.43. The molecule has 0 aliphatic carbocycles. The second kappa shape index (κ2) is 9.93. The molecule has 33 heavy (non-hydrogen) atoms. The molecule has 0 unspecified atom stereocenters. The van der Waals surface area contributed by atoms with Crippen LogP contribution in [0.4, 0.5) is 5.69 Å². The highest BCUT2D eigenvalue weighted by atomic mass is 35.5. The number of esters is 1. The zero-order valence-corrected chi connectivity index (χ0v) is 17.8. The van der Waals surface area contributed by atoms with Crippen molar-refractivity contribution in [2.24, 2.45) is 5.73 Å². The lowest BCUT2D eigenvalue weighted by Crippen LogP contribution is -2.25. The second-order valence-electron chi connectivity index (χ2n) is 6.46. The number of rotatable bonds is 5. The van der Waals surface area contributed by atoms with Gasteiger partial charge in [0, 0.05) is 12.6 Å². The number of hydrogen-bond acceptors (Lipinski definition) is 9. The number of primary amides is 1. The van der Waals surface area contributed by atoms with Gasteiger partial charge in [-0.3, -0.25) is 9.59 Å². The number of nitrogens with zero attached hydrogens (tertiary/aromatic N) is 3. The molecule has 1 aliphatic heterocycles. The average Bonchev–Trinajstić information content (AvgIpc) is 3.22. The fraction of sp³-hybridized carbons (Fsp3) is 0.158. The quantitative estimate of drug-likeness (QED) is 0.299. The Morgan fingerprint density at radius 3 is 2.76 bits per heavy atom. The normalized spacial score (nSPS) is 12.0. The van der Waals surface area contributed by atoms with Crippen molar-refractivity contribution < 1.29 is 33.8 Å². The highest BCUT2D eigenvalue weighted by Crippen LogP contribution is 2.28. The summed E-state index contributed by atoms with van der Waals surface area (Å²) in [6.07, 6.45) is 1.10. The van der Waals surface area contributed by atoms with Gasteiger partial charge in [0.15, 0.2) is 23.6 Å². The number of nitrogens with two attached hydrogens (primary N) is 1. The highest BCUT2D eigenvalue weighted by Gasteiger charge is 2.21. The maximum absolute atomic E-state index is 11.6. The van der Waals surface area contributed by atoms with Crippen molar-refractivity contribution >= 4 is 46.9 Å². The summed E-state index contributed by atoms with van der Waals surface area (Å²) in [6.45, 7) is 0.630. The number of carboxylic acids is 1. The fourth-order valence-electron chi connectivity index (χ4n) is 2.81. The van der Waals surface area contributed by atoms with E-state index in [9.17, 15) is 19.2 Å². The molecule has 0 saturated carbocycles. The number of ether oxygens (including phenoxy) is 2. The third-order valence-electron chi connectivity index (χ3n) is 4.30. The van der Waals surface area contributed by atoms with Crippen molar-refractivity contribution in [3.63, 3.8) is 0 Å². The molecule has 14 heteroatoms. The van der Waals surface area contributed by atoms with Crippen LogP contribution in [0.15, 0.2) is 30.5 Å². The van der Waals surface area contributed by atoms with Crippen LogP contribution in [-0.4, -0.2) is 57.2 Å². The predicted molar refractivity (Wildman–Crippen MR) is 113 cm³/mol. The van der Waals surface area contributed by atoms with Gasteiger partial charge in [-0.15, -0.1) is 0 Å². The Kier molecular flexibility index (Phi) is 7.05. The predicted octanol–water partition coefficient (Wildman–Crippen LogP) is 0.574. The third kappa shape index (κ3) is 5.16. The van der Waals surface area contributed by atoms with Gasteiger partial charge in [-0.25, -0.2) is 23.9 Å². The number of benzene rings is 1. The molecule has 172 valence electrons. The van der Waals surface area contributed by atoms with Crippen molar-refractivity contribution in [3.8, 4) is 5.75 Å². The van der Waals surface area contributed by atoms with Gasteiger partial charge in [0.2, 0.25) is 0 Å². The summed E-state index contributed by atoms with van der Waals surface area (Å²) < 4.78 is 10.7. The standard InChI is InChI=1S/C10H8N4O5.C9H9ClN2O2/c1-19-10(18)6-2-5(9(16)17)13-8-4(7(11)15)3-12-14(6)8;10-11-4-6-1-2-8-7(3-6)12-9(13)5-14-8/h2-3H,1H3,(H2,11,15)(H,16,17);1-3,11H,4-5H2,(H,12,13). The Labute approximate surface area is 190 Å². The topological polar surface area (TPSA) is 187 Å². The molecule has 0 radical (unpaired) electrons. The summed E-state index contributed by atoms with van der Waals surface area (Å²) in [5, 5.41) is 15.4. The first-order valence-electron chi connectivity index (χ1n) is 9.14. The average molecular weight is 477 g/mol. The molecule has 0 fully saturated rings. The van der Waals surface area contributed by atoms with Crippen molar-refractivity contribution in [2.75, 3.05) is 19.0 Å². The minimum atomic E-state index is -1.36. The number of anilines is 1. The van der Waals surface area contributed by atoms with Crippen LogP contribution in [0, 0.1) is 0 Å². The van der Waals surface area contributed by atoms with E-state index in [4.69, 9.17) is 27.4 Å². The number of aromatic carboxylic acids is 1. The molecule has 13 nitrogen and oxygen atoms in total. The first-order chi connectivity index (χ1) is 15.7. The number of methoxy groups -OCH3 is 1. The van der Waals surface area contributed by atoms with Gasteiger partial charge in [0.25, 0.3) is 11.8 Å². The van der Waals surface area contributed by atoms with Crippen molar-refractivity contribution in [1.82, 2.24) is 19.4 Å². The molecule has 3 heterocycles. The summed E-state index contributed by atoms with van der Waals surface area (Å²) >= 11 is 5.38. The van der Waals surface area contributed by atoms with Gasteiger partial charge in [-0.05, 0) is 29.5 Å². The molecular weight excluding hydrogens is 460 g/mol. The van der Waals surface area contributed by atoms with E-state index in [0.717, 1.165) is 29.5 Å². The number of carboxylic acid groups (broad SMARTS) is 1. The first kappa shape index (κ1) is 23.4. The molecule has 0 saturated heterocycles. The smallest absolute Gasteiger partial charge is 0.356 e. The van der Waals surface area contributed by atoms with Crippen LogP contribution in [0.25, 0.3) is 5.65 Å². The van der Waals surface area contributed by atoms with Crippen LogP contribution in [-0.2, 0) is 16.1 Å². The Bertz CT molecular complexity index is 1260. The lowest BCUT2D eigenvalue weighted by atomic mass is 10.1. The number of carbonyl (C=O) groups is 4. The maximum Gasteiger partial charge on any atom is 0.356 e. The van der Waals surface area contributed by atoms with Gasteiger partial charge in [-0.2, -0.15) is 5.10 Å². The summed E-state index contributed by atoms with van der Waals surface area (Å²) in [6, 6.07) is 6.55. The van der Waals surface area contributed by atoms with E-state index in [1.165, 1.54) is 0 Å². The molecule has 5 N–H and O–H groups in total. The van der Waals surface area contributed by atoms with Crippen LogP contribution in [0.2, 0.25) is 0 Å². The van der Waals surface area contributed by atoms with E-state index in [1.54, 1.807) is 0 Å². The number of fused-ring (bicyclic) bond motifs is 2. The summed E-state index contributed by atoms with van der Waals surface area (Å²) in [7, 11) is 1.13. The molecule has 3 aromatic rings. The molecule has 2 amide bonds. The summed E-state index contributed by atoms with van der Waals surface area (Å²) in [5.74, 6) is -2.43. The lowest BCUT2D eigenvalue weighted by molar-refractivity contribution is -0.118. The number of nitrogens with one attached hydrogen (secondary N) is 2. The Hall–Kier alpha value is -4.23. The highest BCUT2D eigenvalue weighted by molar-refractivity contribution is 6.13. The van der Waals surface area contributed by atoms with Gasteiger partial charge in [0.1, 0.15) is 11.3 Å². The molecule has 0 spiro atoms. The molecule has 1 aromatic carbocycles. The van der Waals surface area contributed by atoms with E-state index in [1.807, 2.05) is 18.2 Å².